The minimum Gasteiger partial charge on any atom is -0.350 e. The van der Waals surface area contributed by atoms with Gasteiger partial charge in [-0.15, -0.1) is 0 Å². The van der Waals surface area contributed by atoms with Crippen molar-refractivity contribution in [3.8, 4) is 0 Å². The second kappa shape index (κ2) is 4.04. The predicted octanol–water partition coefficient (Wildman–Crippen LogP) is 1.41. The minimum absolute atomic E-state index is 0.00583. The average Bonchev–Trinajstić information content (AvgIpc) is 2.32. The lowest BCUT2D eigenvalue weighted by atomic mass is 10.1. The van der Waals surface area contributed by atoms with Gasteiger partial charge >= 0.3 is 0 Å². The largest absolute Gasteiger partial charge is 0.350 e. The molecule has 1 rings (SSSR count). The molecule has 84 valence electrons. The van der Waals surface area contributed by atoms with Gasteiger partial charge in [-0.2, -0.15) is 5.10 Å². The maximum absolute atomic E-state index is 11.6. The Balaban J connectivity index is 2.63. The summed E-state index contributed by atoms with van der Waals surface area (Å²) in [5.74, 6) is -0.00583. The van der Waals surface area contributed by atoms with Gasteiger partial charge in [-0.1, -0.05) is 0 Å². The van der Waals surface area contributed by atoms with Gasteiger partial charge in [-0.25, -0.2) is 0 Å². The molecule has 15 heavy (non-hydrogen) atoms. The van der Waals surface area contributed by atoms with E-state index in [0.29, 0.717) is 0 Å². The maximum atomic E-state index is 11.6. The fraction of sp³-hybridized carbons (Fsp3) is 0.636. The standard InChI is InChI=1S/C11H19N3O/c1-8-6-12-14(9(8)2)7-10(15)13-11(3,4)5/h6H,7H2,1-5H3,(H,13,15). The number of aromatic nitrogens is 2. The lowest BCUT2D eigenvalue weighted by Crippen LogP contribution is -2.42. The Hall–Kier alpha value is -1.32. The highest BCUT2D eigenvalue weighted by molar-refractivity contribution is 5.76. The van der Waals surface area contributed by atoms with Crippen molar-refractivity contribution in [1.29, 1.82) is 0 Å². The van der Waals surface area contributed by atoms with E-state index in [1.807, 2.05) is 34.6 Å². The van der Waals surface area contributed by atoms with E-state index in [4.69, 9.17) is 0 Å². The molecule has 0 aliphatic rings. The van der Waals surface area contributed by atoms with E-state index in [9.17, 15) is 4.79 Å². The summed E-state index contributed by atoms with van der Waals surface area (Å²) in [6, 6.07) is 0. The molecule has 0 saturated heterocycles. The van der Waals surface area contributed by atoms with Crippen molar-refractivity contribution in [2.75, 3.05) is 0 Å². The Morgan fingerprint density at radius 2 is 2.07 bits per heavy atom. The number of carbonyl (C=O) groups excluding carboxylic acids is 1. The Labute approximate surface area is 90.7 Å². The lowest BCUT2D eigenvalue weighted by Gasteiger charge is -2.20. The molecule has 0 unspecified atom stereocenters. The SMILES string of the molecule is Cc1cnn(CC(=O)NC(C)(C)C)c1C. The molecule has 0 radical (unpaired) electrons. The fourth-order valence-electron chi connectivity index (χ4n) is 1.29. The van der Waals surface area contributed by atoms with E-state index in [1.54, 1.807) is 10.9 Å². The molecule has 0 spiro atoms. The number of rotatable bonds is 2. The van der Waals surface area contributed by atoms with Crippen LogP contribution in [0.2, 0.25) is 0 Å². The van der Waals surface area contributed by atoms with Crippen LogP contribution < -0.4 is 5.32 Å². The number of aryl methyl sites for hydroxylation is 1. The monoisotopic (exact) mass is 209 g/mol. The van der Waals surface area contributed by atoms with Gasteiger partial charge in [0.15, 0.2) is 0 Å². The Kier molecular flexibility index (Phi) is 3.17. The van der Waals surface area contributed by atoms with Crippen molar-refractivity contribution in [2.24, 2.45) is 0 Å². The quantitative estimate of drug-likeness (QED) is 0.800. The van der Waals surface area contributed by atoms with E-state index in [-0.39, 0.29) is 18.0 Å². The summed E-state index contributed by atoms with van der Waals surface area (Å²) in [4.78, 5) is 11.6. The number of nitrogens with one attached hydrogen (secondary N) is 1. The van der Waals surface area contributed by atoms with E-state index < -0.39 is 0 Å². The summed E-state index contributed by atoms with van der Waals surface area (Å²) in [6.07, 6.45) is 1.78. The van der Waals surface area contributed by atoms with Crippen molar-refractivity contribution in [3.05, 3.63) is 17.5 Å². The molecule has 1 aromatic rings. The fourth-order valence-corrected chi connectivity index (χ4v) is 1.29. The summed E-state index contributed by atoms with van der Waals surface area (Å²) < 4.78 is 1.72. The van der Waals surface area contributed by atoms with Crippen molar-refractivity contribution in [3.63, 3.8) is 0 Å². The van der Waals surface area contributed by atoms with E-state index in [1.165, 1.54) is 0 Å². The van der Waals surface area contributed by atoms with Crippen LogP contribution in [-0.4, -0.2) is 21.2 Å². The van der Waals surface area contributed by atoms with Crippen LogP contribution in [0.25, 0.3) is 0 Å². The first-order valence-electron chi connectivity index (χ1n) is 5.09. The third-order valence-corrected chi connectivity index (χ3v) is 2.16. The zero-order valence-corrected chi connectivity index (χ0v) is 10.1. The first-order chi connectivity index (χ1) is 6.79. The lowest BCUT2D eigenvalue weighted by molar-refractivity contribution is -0.123. The molecule has 1 amide bonds. The Morgan fingerprint density at radius 1 is 1.47 bits per heavy atom. The van der Waals surface area contributed by atoms with Crippen LogP contribution in [0.5, 0.6) is 0 Å². The molecule has 0 aromatic carbocycles. The zero-order valence-electron chi connectivity index (χ0n) is 10.1. The molecule has 0 fully saturated rings. The second-order valence-corrected chi connectivity index (χ2v) is 4.87. The molecule has 0 aliphatic carbocycles. The zero-order chi connectivity index (χ0) is 11.6. The predicted molar refractivity (Wildman–Crippen MR) is 59.6 cm³/mol. The normalized spacial score (nSPS) is 11.5. The van der Waals surface area contributed by atoms with Crippen LogP contribution in [0, 0.1) is 13.8 Å². The van der Waals surface area contributed by atoms with E-state index in [2.05, 4.69) is 10.4 Å². The Morgan fingerprint density at radius 3 is 2.47 bits per heavy atom. The third-order valence-electron chi connectivity index (χ3n) is 2.16. The highest BCUT2D eigenvalue weighted by Gasteiger charge is 2.14. The number of nitrogens with zero attached hydrogens (tertiary/aromatic N) is 2. The number of hydrogen-bond donors (Lipinski definition) is 1. The summed E-state index contributed by atoms with van der Waals surface area (Å²) >= 11 is 0. The molecule has 0 bridgehead atoms. The molecular formula is C11H19N3O. The topological polar surface area (TPSA) is 46.9 Å². The van der Waals surface area contributed by atoms with Crippen molar-refractivity contribution >= 4 is 5.91 Å². The van der Waals surface area contributed by atoms with Crippen LogP contribution in [0.4, 0.5) is 0 Å². The van der Waals surface area contributed by atoms with Crippen LogP contribution in [0.15, 0.2) is 6.20 Å². The molecule has 1 heterocycles. The highest BCUT2D eigenvalue weighted by Crippen LogP contribution is 2.05. The minimum atomic E-state index is -0.187. The van der Waals surface area contributed by atoms with Crippen LogP contribution in [0.3, 0.4) is 0 Å². The van der Waals surface area contributed by atoms with E-state index in [0.717, 1.165) is 11.3 Å². The van der Waals surface area contributed by atoms with E-state index >= 15 is 0 Å². The molecular weight excluding hydrogens is 190 g/mol. The van der Waals surface area contributed by atoms with Gasteiger partial charge in [0, 0.05) is 11.2 Å². The smallest absolute Gasteiger partial charge is 0.242 e. The third kappa shape index (κ3) is 3.38. The summed E-state index contributed by atoms with van der Waals surface area (Å²) in [5.41, 5.74) is 1.96. The molecule has 4 heteroatoms. The van der Waals surface area contributed by atoms with Crippen molar-refractivity contribution in [2.45, 2.75) is 46.7 Å². The first kappa shape index (κ1) is 11.8. The van der Waals surface area contributed by atoms with Gasteiger partial charge in [-0.05, 0) is 40.2 Å². The van der Waals surface area contributed by atoms with Crippen LogP contribution in [-0.2, 0) is 11.3 Å². The van der Waals surface area contributed by atoms with Crippen molar-refractivity contribution < 1.29 is 4.79 Å². The number of carbonyl (C=O) groups is 1. The molecule has 0 atom stereocenters. The molecule has 4 nitrogen and oxygen atoms in total. The van der Waals surface area contributed by atoms with Crippen LogP contribution >= 0.6 is 0 Å². The molecule has 1 N–H and O–H groups in total. The van der Waals surface area contributed by atoms with Gasteiger partial charge < -0.3 is 5.32 Å². The summed E-state index contributed by atoms with van der Waals surface area (Å²) in [6.45, 7) is 10.1. The van der Waals surface area contributed by atoms with Crippen LogP contribution in [0.1, 0.15) is 32.0 Å². The number of amides is 1. The Bertz CT molecular complexity index is 360. The molecule has 0 saturated carbocycles. The van der Waals surface area contributed by atoms with Gasteiger partial charge in [-0.3, -0.25) is 9.48 Å². The number of hydrogen-bond acceptors (Lipinski definition) is 2. The molecule has 0 aliphatic heterocycles. The summed E-state index contributed by atoms with van der Waals surface area (Å²) in [7, 11) is 0. The van der Waals surface area contributed by atoms with Gasteiger partial charge in [0.25, 0.3) is 0 Å². The molecule has 1 aromatic heterocycles. The maximum Gasteiger partial charge on any atom is 0.242 e. The average molecular weight is 209 g/mol. The van der Waals surface area contributed by atoms with Crippen molar-refractivity contribution in [1.82, 2.24) is 15.1 Å². The first-order valence-corrected chi connectivity index (χ1v) is 5.09. The summed E-state index contributed by atoms with van der Waals surface area (Å²) in [5, 5.41) is 7.05. The van der Waals surface area contributed by atoms with Gasteiger partial charge in [0.1, 0.15) is 6.54 Å². The van der Waals surface area contributed by atoms with Gasteiger partial charge in [0.2, 0.25) is 5.91 Å². The second-order valence-electron chi connectivity index (χ2n) is 4.87. The highest BCUT2D eigenvalue weighted by atomic mass is 16.2. The van der Waals surface area contributed by atoms with Gasteiger partial charge in [0.05, 0.1) is 6.20 Å².